The van der Waals surface area contributed by atoms with Gasteiger partial charge in [-0.2, -0.15) is 0 Å². The van der Waals surface area contributed by atoms with E-state index < -0.39 is 0 Å². The molecule has 6 nitrogen and oxygen atoms in total. The summed E-state index contributed by atoms with van der Waals surface area (Å²) in [7, 11) is 0. The lowest BCUT2D eigenvalue weighted by Crippen LogP contribution is -2.32. The Kier molecular flexibility index (Phi) is 5.61. The van der Waals surface area contributed by atoms with Gasteiger partial charge in [0.25, 0.3) is 0 Å². The standard InChI is InChI=1S/C23H23FN4O2/c1-16-25-9-10-28(16)21-8-7-18(11-20(21)24)13-26-23(30)19-12-22(29)27(15-19)14-17-5-3-2-4-6-17/h2-11,19H,12-15H2,1H3,(H,26,30). The third-order valence-electron chi connectivity index (χ3n) is 5.37. The Morgan fingerprint density at radius 1 is 1.20 bits per heavy atom. The number of amides is 2. The lowest BCUT2D eigenvalue weighted by Gasteiger charge is -2.16. The molecular formula is C23H23FN4O2. The summed E-state index contributed by atoms with van der Waals surface area (Å²) < 4.78 is 16.2. The van der Waals surface area contributed by atoms with Crippen molar-refractivity contribution in [1.82, 2.24) is 19.8 Å². The number of nitrogens with one attached hydrogen (secondary N) is 1. The molecule has 2 aromatic carbocycles. The van der Waals surface area contributed by atoms with E-state index in [0.717, 1.165) is 5.56 Å². The van der Waals surface area contributed by atoms with Crippen molar-refractivity contribution in [3.63, 3.8) is 0 Å². The van der Waals surface area contributed by atoms with Crippen molar-refractivity contribution in [1.29, 1.82) is 0 Å². The van der Waals surface area contributed by atoms with Gasteiger partial charge in [0.15, 0.2) is 0 Å². The second-order valence-electron chi connectivity index (χ2n) is 7.51. The van der Waals surface area contributed by atoms with Crippen molar-refractivity contribution < 1.29 is 14.0 Å². The van der Waals surface area contributed by atoms with E-state index in [2.05, 4.69) is 10.3 Å². The number of benzene rings is 2. The molecule has 7 heteroatoms. The van der Waals surface area contributed by atoms with Crippen molar-refractivity contribution in [2.75, 3.05) is 6.54 Å². The van der Waals surface area contributed by atoms with E-state index in [9.17, 15) is 14.0 Å². The molecule has 4 rings (SSSR count). The summed E-state index contributed by atoms with van der Waals surface area (Å²) in [6.45, 7) is 2.91. The summed E-state index contributed by atoms with van der Waals surface area (Å²) in [5.74, 6) is -0.285. The van der Waals surface area contributed by atoms with E-state index >= 15 is 0 Å². The van der Waals surface area contributed by atoms with Gasteiger partial charge in [0.1, 0.15) is 11.6 Å². The third-order valence-corrected chi connectivity index (χ3v) is 5.37. The Hall–Kier alpha value is -3.48. The van der Waals surface area contributed by atoms with E-state index in [0.29, 0.717) is 30.2 Å². The van der Waals surface area contributed by atoms with Crippen molar-refractivity contribution in [2.24, 2.45) is 5.92 Å². The summed E-state index contributed by atoms with van der Waals surface area (Å²) in [5, 5.41) is 2.84. The van der Waals surface area contributed by atoms with E-state index in [1.165, 1.54) is 6.07 Å². The van der Waals surface area contributed by atoms with Gasteiger partial charge >= 0.3 is 0 Å². The van der Waals surface area contributed by atoms with Crippen molar-refractivity contribution in [3.8, 4) is 5.69 Å². The maximum atomic E-state index is 14.5. The highest BCUT2D eigenvalue weighted by Crippen LogP contribution is 2.21. The molecule has 2 heterocycles. The molecular weight excluding hydrogens is 383 g/mol. The molecule has 0 bridgehead atoms. The number of likely N-dealkylation sites (tertiary alicyclic amines) is 1. The fourth-order valence-corrected chi connectivity index (χ4v) is 3.73. The van der Waals surface area contributed by atoms with Gasteiger partial charge in [-0.05, 0) is 30.2 Å². The average Bonchev–Trinajstić information content (AvgIpc) is 3.33. The van der Waals surface area contributed by atoms with Gasteiger partial charge < -0.3 is 14.8 Å². The minimum Gasteiger partial charge on any atom is -0.352 e. The van der Waals surface area contributed by atoms with Crippen LogP contribution in [-0.2, 0) is 22.7 Å². The number of nitrogens with zero attached hydrogens (tertiary/aromatic N) is 3. The SMILES string of the molecule is Cc1nccn1-c1ccc(CNC(=O)C2CC(=O)N(Cc3ccccc3)C2)cc1F. The van der Waals surface area contributed by atoms with Crippen LogP contribution < -0.4 is 5.32 Å². The van der Waals surface area contributed by atoms with Crippen molar-refractivity contribution in [3.05, 3.63) is 83.7 Å². The first-order valence-corrected chi connectivity index (χ1v) is 9.89. The number of hydrogen-bond acceptors (Lipinski definition) is 3. The smallest absolute Gasteiger partial charge is 0.225 e. The molecule has 1 saturated heterocycles. The van der Waals surface area contributed by atoms with E-state index in [-0.39, 0.29) is 36.5 Å². The largest absolute Gasteiger partial charge is 0.352 e. The molecule has 2 amide bonds. The van der Waals surface area contributed by atoms with Crippen LogP contribution in [0.1, 0.15) is 23.4 Å². The van der Waals surface area contributed by atoms with Crippen LogP contribution >= 0.6 is 0 Å². The van der Waals surface area contributed by atoms with E-state index in [1.807, 2.05) is 30.3 Å². The zero-order valence-electron chi connectivity index (χ0n) is 16.7. The molecule has 3 aromatic rings. The van der Waals surface area contributed by atoms with Crippen molar-refractivity contribution in [2.45, 2.75) is 26.4 Å². The number of aromatic nitrogens is 2. The number of rotatable bonds is 6. The first-order valence-electron chi connectivity index (χ1n) is 9.89. The first-order chi connectivity index (χ1) is 14.5. The summed E-state index contributed by atoms with van der Waals surface area (Å²) in [6.07, 6.45) is 3.52. The van der Waals surface area contributed by atoms with Crippen LogP contribution in [0.15, 0.2) is 60.9 Å². The Bertz CT molecular complexity index is 1060. The molecule has 1 atom stereocenters. The van der Waals surface area contributed by atoms with Crippen LogP contribution in [-0.4, -0.2) is 32.8 Å². The fourth-order valence-electron chi connectivity index (χ4n) is 3.73. The molecule has 1 aromatic heterocycles. The van der Waals surface area contributed by atoms with Gasteiger partial charge in [-0.15, -0.1) is 0 Å². The minimum atomic E-state index is -0.390. The normalized spacial score (nSPS) is 16.1. The molecule has 0 radical (unpaired) electrons. The maximum Gasteiger partial charge on any atom is 0.225 e. The van der Waals surface area contributed by atoms with Crippen LogP contribution in [0, 0.1) is 18.7 Å². The predicted octanol–water partition coefficient (Wildman–Crippen LogP) is 2.98. The maximum absolute atomic E-state index is 14.5. The highest BCUT2D eigenvalue weighted by Gasteiger charge is 2.34. The zero-order chi connectivity index (χ0) is 21.1. The van der Waals surface area contributed by atoms with Gasteiger partial charge in [-0.1, -0.05) is 36.4 Å². The van der Waals surface area contributed by atoms with Crippen molar-refractivity contribution >= 4 is 11.8 Å². The molecule has 0 spiro atoms. The first kappa shape index (κ1) is 19.8. The number of carbonyl (C=O) groups is 2. The number of carbonyl (C=O) groups excluding carboxylic acids is 2. The van der Waals surface area contributed by atoms with E-state index in [1.54, 1.807) is 40.9 Å². The quantitative estimate of drug-likeness (QED) is 0.684. The monoisotopic (exact) mass is 406 g/mol. The van der Waals surface area contributed by atoms with Crippen LogP contribution in [0.4, 0.5) is 4.39 Å². The van der Waals surface area contributed by atoms with Gasteiger partial charge in [0, 0.05) is 38.4 Å². The molecule has 0 aliphatic carbocycles. The molecule has 1 aliphatic heterocycles. The minimum absolute atomic E-state index is 0.0231. The molecule has 30 heavy (non-hydrogen) atoms. The van der Waals surface area contributed by atoms with Gasteiger partial charge in [0.2, 0.25) is 11.8 Å². The summed E-state index contributed by atoms with van der Waals surface area (Å²) in [4.78, 5) is 30.6. The molecule has 1 N–H and O–H groups in total. The van der Waals surface area contributed by atoms with Crippen LogP contribution in [0.2, 0.25) is 0 Å². The summed E-state index contributed by atoms with van der Waals surface area (Å²) >= 11 is 0. The van der Waals surface area contributed by atoms with Crippen LogP contribution in [0.5, 0.6) is 0 Å². The zero-order valence-corrected chi connectivity index (χ0v) is 16.7. The van der Waals surface area contributed by atoms with Crippen LogP contribution in [0.3, 0.4) is 0 Å². The predicted molar refractivity (Wildman–Crippen MR) is 110 cm³/mol. The molecule has 0 saturated carbocycles. The topological polar surface area (TPSA) is 67.2 Å². The summed E-state index contributed by atoms with van der Waals surface area (Å²) in [6, 6.07) is 14.6. The number of aryl methyl sites for hydroxylation is 1. The third kappa shape index (κ3) is 4.25. The highest BCUT2D eigenvalue weighted by molar-refractivity contribution is 5.89. The lowest BCUT2D eigenvalue weighted by atomic mass is 10.1. The number of hydrogen-bond donors (Lipinski definition) is 1. The molecule has 1 fully saturated rings. The molecule has 154 valence electrons. The Morgan fingerprint density at radius 3 is 2.70 bits per heavy atom. The van der Waals surface area contributed by atoms with Gasteiger partial charge in [-0.25, -0.2) is 9.37 Å². The second-order valence-corrected chi connectivity index (χ2v) is 7.51. The Morgan fingerprint density at radius 2 is 2.00 bits per heavy atom. The van der Waals surface area contributed by atoms with Gasteiger partial charge in [-0.3, -0.25) is 9.59 Å². The highest BCUT2D eigenvalue weighted by atomic mass is 19.1. The fraction of sp³-hybridized carbons (Fsp3) is 0.261. The lowest BCUT2D eigenvalue weighted by molar-refractivity contribution is -0.129. The Balaban J connectivity index is 1.34. The second kappa shape index (κ2) is 8.49. The molecule has 1 aliphatic rings. The number of halogens is 1. The summed E-state index contributed by atoms with van der Waals surface area (Å²) in [5.41, 5.74) is 2.11. The molecule has 1 unspecified atom stereocenters. The van der Waals surface area contributed by atoms with Crippen LogP contribution in [0.25, 0.3) is 5.69 Å². The number of imidazole rings is 1. The Labute approximate surface area is 174 Å². The average molecular weight is 406 g/mol. The van der Waals surface area contributed by atoms with Gasteiger partial charge in [0.05, 0.1) is 11.6 Å². The van der Waals surface area contributed by atoms with E-state index in [4.69, 9.17) is 0 Å².